The van der Waals surface area contributed by atoms with Crippen LogP contribution in [0.3, 0.4) is 0 Å². The van der Waals surface area contributed by atoms with Gasteiger partial charge in [-0.2, -0.15) is 4.98 Å². The fourth-order valence-electron chi connectivity index (χ4n) is 4.63. The Kier molecular flexibility index (Phi) is 5.72. The van der Waals surface area contributed by atoms with Crippen LogP contribution < -0.4 is 9.80 Å². The zero-order valence-corrected chi connectivity index (χ0v) is 17.7. The Morgan fingerprint density at radius 1 is 0.935 bits per heavy atom. The minimum absolute atomic E-state index is 0.115. The van der Waals surface area contributed by atoms with Crippen LogP contribution in [-0.4, -0.2) is 66.7 Å². The fraction of sp³-hybridized carbons (Fsp3) is 0.522. The van der Waals surface area contributed by atoms with Gasteiger partial charge in [-0.05, 0) is 31.4 Å². The van der Waals surface area contributed by atoms with Crippen LogP contribution in [0.15, 0.2) is 24.3 Å². The van der Waals surface area contributed by atoms with Crippen LogP contribution in [0, 0.1) is 5.82 Å². The summed E-state index contributed by atoms with van der Waals surface area (Å²) in [5.41, 5.74) is 2.11. The number of rotatable bonds is 3. The molecule has 0 atom stereocenters. The van der Waals surface area contributed by atoms with Gasteiger partial charge in [-0.15, -0.1) is 0 Å². The van der Waals surface area contributed by atoms with Crippen LogP contribution >= 0.6 is 0 Å². The van der Waals surface area contributed by atoms with Crippen LogP contribution in [0.25, 0.3) is 0 Å². The Morgan fingerprint density at radius 3 is 2.48 bits per heavy atom. The predicted molar refractivity (Wildman–Crippen MR) is 116 cm³/mol. The Labute approximate surface area is 181 Å². The van der Waals surface area contributed by atoms with Gasteiger partial charge in [0.05, 0.1) is 31.0 Å². The predicted octanol–water partition coefficient (Wildman–Crippen LogP) is 2.64. The lowest BCUT2D eigenvalue weighted by atomic mass is 10.0. The zero-order chi connectivity index (χ0) is 21.2. The number of morpholine rings is 1. The first kappa shape index (κ1) is 20.2. The van der Waals surface area contributed by atoms with Crippen LogP contribution in [-0.2, 0) is 17.7 Å². The summed E-state index contributed by atoms with van der Waals surface area (Å²) in [5, 5.41) is 0. The molecule has 0 radical (unpaired) electrons. The molecule has 8 heteroatoms. The van der Waals surface area contributed by atoms with E-state index in [1.165, 1.54) is 12.5 Å². The highest BCUT2D eigenvalue weighted by atomic mass is 19.1. The largest absolute Gasteiger partial charge is 0.378 e. The highest BCUT2D eigenvalue weighted by molar-refractivity contribution is 5.94. The van der Waals surface area contributed by atoms with E-state index in [1.807, 2.05) is 0 Å². The van der Waals surface area contributed by atoms with Crippen molar-refractivity contribution in [2.75, 3.05) is 55.7 Å². The van der Waals surface area contributed by atoms with Gasteiger partial charge in [0.25, 0.3) is 5.91 Å². The van der Waals surface area contributed by atoms with Crippen LogP contribution in [0.1, 0.15) is 40.9 Å². The minimum Gasteiger partial charge on any atom is -0.378 e. The van der Waals surface area contributed by atoms with E-state index in [2.05, 4.69) is 9.80 Å². The number of halogens is 1. The second-order valence-electron chi connectivity index (χ2n) is 8.38. The molecule has 0 aliphatic carbocycles. The summed E-state index contributed by atoms with van der Waals surface area (Å²) in [7, 11) is 0. The number of carbonyl (C=O) groups is 1. The van der Waals surface area contributed by atoms with E-state index in [1.54, 1.807) is 23.1 Å². The fourth-order valence-corrected chi connectivity index (χ4v) is 4.63. The Hall–Kier alpha value is -2.74. The van der Waals surface area contributed by atoms with Gasteiger partial charge in [-0.3, -0.25) is 4.79 Å². The van der Waals surface area contributed by atoms with E-state index in [0.717, 1.165) is 62.0 Å². The highest BCUT2D eigenvalue weighted by Gasteiger charge is 2.30. The molecule has 3 aliphatic heterocycles. The van der Waals surface area contributed by atoms with Gasteiger partial charge in [-0.1, -0.05) is 12.1 Å². The zero-order valence-electron chi connectivity index (χ0n) is 17.7. The molecule has 0 unspecified atom stereocenters. The van der Waals surface area contributed by atoms with Crippen LogP contribution in [0.5, 0.6) is 0 Å². The molecule has 31 heavy (non-hydrogen) atoms. The van der Waals surface area contributed by atoms with Gasteiger partial charge < -0.3 is 19.4 Å². The van der Waals surface area contributed by atoms with E-state index >= 15 is 0 Å². The molecule has 5 rings (SSSR count). The average Bonchev–Trinajstić information content (AvgIpc) is 2.84. The molecule has 0 spiro atoms. The molecule has 164 valence electrons. The van der Waals surface area contributed by atoms with Crippen molar-refractivity contribution < 1.29 is 13.9 Å². The topological polar surface area (TPSA) is 61.8 Å². The molecular weight excluding hydrogens is 397 g/mol. The van der Waals surface area contributed by atoms with Crippen LogP contribution in [0.2, 0.25) is 0 Å². The first-order valence-electron chi connectivity index (χ1n) is 11.2. The van der Waals surface area contributed by atoms with E-state index in [-0.39, 0.29) is 11.5 Å². The van der Waals surface area contributed by atoms with Crippen molar-refractivity contribution in [2.24, 2.45) is 0 Å². The van der Waals surface area contributed by atoms with E-state index in [4.69, 9.17) is 14.7 Å². The average molecular weight is 426 g/mol. The molecule has 1 aromatic heterocycles. The number of benzene rings is 1. The van der Waals surface area contributed by atoms with Crippen molar-refractivity contribution in [3.05, 3.63) is 46.9 Å². The molecule has 2 fully saturated rings. The number of piperidine rings is 1. The third-order valence-electron chi connectivity index (χ3n) is 6.37. The lowest BCUT2D eigenvalue weighted by Gasteiger charge is -2.36. The normalized spacial score (nSPS) is 19.3. The van der Waals surface area contributed by atoms with Crippen molar-refractivity contribution in [1.29, 1.82) is 0 Å². The molecule has 2 saturated heterocycles. The minimum atomic E-state index is -0.483. The summed E-state index contributed by atoms with van der Waals surface area (Å²) in [6.45, 7) is 5.76. The third kappa shape index (κ3) is 4.08. The number of anilines is 2. The van der Waals surface area contributed by atoms with Crippen LogP contribution in [0.4, 0.5) is 16.2 Å². The molecule has 7 nitrogen and oxygen atoms in total. The standard InChI is InChI=1S/C23H28FN5O2/c24-19-7-3-2-6-17(19)22(30)29-11-8-20-18(16-29)21(27-12-14-31-15-13-27)26-23(25-20)28-9-4-1-5-10-28/h2-3,6-7H,1,4-5,8-16H2. The summed E-state index contributed by atoms with van der Waals surface area (Å²) < 4.78 is 19.8. The summed E-state index contributed by atoms with van der Waals surface area (Å²) in [6.07, 6.45) is 4.23. The number of amides is 1. The van der Waals surface area contributed by atoms with Crippen molar-refractivity contribution in [3.8, 4) is 0 Å². The number of hydrogen-bond acceptors (Lipinski definition) is 6. The number of hydrogen-bond donors (Lipinski definition) is 0. The van der Waals surface area contributed by atoms with Gasteiger partial charge >= 0.3 is 0 Å². The first-order chi connectivity index (χ1) is 15.2. The van der Waals surface area contributed by atoms with Crippen molar-refractivity contribution in [3.63, 3.8) is 0 Å². The molecule has 0 saturated carbocycles. The van der Waals surface area contributed by atoms with Crippen molar-refractivity contribution >= 4 is 17.7 Å². The molecular formula is C23H28FN5O2. The maximum Gasteiger partial charge on any atom is 0.257 e. The SMILES string of the molecule is O=C(c1ccccc1F)N1CCc2nc(N3CCCCC3)nc(N3CCOCC3)c2C1. The number of carbonyl (C=O) groups excluding carboxylic acids is 1. The number of fused-ring (bicyclic) bond motifs is 1. The summed E-state index contributed by atoms with van der Waals surface area (Å²) in [6, 6.07) is 6.18. The molecule has 2 aromatic rings. The van der Waals surface area contributed by atoms with Crippen molar-refractivity contribution in [1.82, 2.24) is 14.9 Å². The second kappa shape index (κ2) is 8.78. The monoisotopic (exact) mass is 425 g/mol. The molecule has 0 N–H and O–H groups in total. The third-order valence-corrected chi connectivity index (χ3v) is 6.37. The maximum absolute atomic E-state index is 14.2. The second-order valence-corrected chi connectivity index (χ2v) is 8.38. The van der Waals surface area contributed by atoms with E-state index < -0.39 is 5.82 Å². The van der Waals surface area contributed by atoms with Gasteiger partial charge in [0.2, 0.25) is 5.95 Å². The molecule has 4 heterocycles. The molecule has 1 aromatic carbocycles. The van der Waals surface area contributed by atoms with E-state index in [9.17, 15) is 9.18 Å². The lowest BCUT2D eigenvalue weighted by Crippen LogP contribution is -2.42. The first-order valence-corrected chi connectivity index (χ1v) is 11.2. The lowest BCUT2D eigenvalue weighted by molar-refractivity contribution is 0.0728. The summed E-state index contributed by atoms with van der Waals surface area (Å²) in [5.74, 6) is 0.939. The quantitative estimate of drug-likeness (QED) is 0.754. The Morgan fingerprint density at radius 2 is 1.71 bits per heavy atom. The number of nitrogens with zero attached hydrogens (tertiary/aromatic N) is 5. The van der Waals surface area contributed by atoms with Gasteiger partial charge in [-0.25, -0.2) is 9.37 Å². The number of ether oxygens (including phenoxy) is 1. The van der Waals surface area contributed by atoms with Gasteiger partial charge in [0.15, 0.2) is 0 Å². The van der Waals surface area contributed by atoms with Gasteiger partial charge in [0.1, 0.15) is 11.6 Å². The Balaban J connectivity index is 1.48. The molecule has 1 amide bonds. The highest BCUT2D eigenvalue weighted by Crippen LogP contribution is 2.31. The number of aromatic nitrogens is 2. The van der Waals surface area contributed by atoms with Gasteiger partial charge in [0, 0.05) is 44.7 Å². The maximum atomic E-state index is 14.2. The van der Waals surface area contributed by atoms with E-state index in [0.29, 0.717) is 32.7 Å². The molecule has 3 aliphatic rings. The summed E-state index contributed by atoms with van der Waals surface area (Å²) >= 11 is 0. The van der Waals surface area contributed by atoms with Crippen molar-refractivity contribution in [2.45, 2.75) is 32.2 Å². The Bertz CT molecular complexity index is 957. The smallest absolute Gasteiger partial charge is 0.257 e. The summed E-state index contributed by atoms with van der Waals surface area (Å²) in [4.78, 5) is 29.2. The molecule has 0 bridgehead atoms.